The van der Waals surface area contributed by atoms with Crippen LogP contribution < -0.4 is 20.3 Å². The number of carbonyl (C=O) groups is 1. The zero-order valence-corrected chi connectivity index (χ0v) is 21.2. The maximum Gasteiger partial charge on any atom is 0.270 e. The van der Waals surface area contributed by atoms with E-state index in [9.17, 15) is 14.9 Å². The normalized spacial score (nSPS) is 10.4. The molecule has 10 heteroatoms. The third-order valence-corrected chi connectivity index (χ3v) is 6.32. The van der Waals surface area contributed by atoms with Crippen molar-refractivity contribution in [2.75, 3.05) is 19.0 Å². The number of rotatable bonds is 9. The number of nitrogens with zero attached hydrogens (tertiary/aromatic N) is 2. The van der Waals surface area contributed by atoms with E-state index in [1.165, 1.54) is 11.8 Å². The molecule has 3 aromatic carbocycles. The van der Waals surface area contributed by atoms with E-state index < -0.39 is 5.56 Å². The Balaban J connectivity index is 1.43. The van der Waals surface area contributed by atoms with Crippen molar-refractivity contribution in [3.8, 4) is 28.8 Å². The third-order valence-electron chi connectivity index (χ3n) is 5.12. The van der Waals surface area contributed by atoms with Gasteiger partial charge in [0.05, 0.1) is 12.8 Å². The van der Waals surface area contributed by atoms with Crippen molar-refractivity contribution in [3.63, 3.8) is 0 Å². The first-order valence-corrected chi connectivity index (χ1v) is 12.4. The number of amides is 1. The van der Waals surface area contributed by atoms with Gasteiger partial charge in [0.25, 0.3) is 11.5 Å². The second-order valence-corrected chi connectivity index (χ2v) is 9.12. The number of thioether (sulfide) groups is 1. The third kappa shape index (κ3) is 6.91. The smallest absolute Gasteiger partial charge is 0.270 e. The van der Waals surface area contributed by atoms with E-state index in [1.807, 2.05) is 24.3 Å². The van der Waals surface area contributed by atoms with Crippen molar-refractivity contribution in [2.24, 2.45) is 0 Å². The Labute approximate surface area is 222 Å². The van der Waals surface area contributed by atoms with Gasteiger partial charge in [-0.2, -0.15) is 5.26 Å². The molecule has 0 aliphatic heterocycles. The summed E-state index contributed by atoms with van der Waals surface area (Å²) in [6.45, 7) is -0.149. The van der Waals surface area contributed by atoms with Crippen molar-refractivity contribution in [2.45, 2.75) is 10.9 Å². The predicted octanol–water partition coefficient (Wildman–Crippen LogP) is 5.28. The fourth-order valence-corrected chi connectivity index (χ4v) is 4.30. The summed E-state index contributed by atoms with van der Waals surface area (Å²) in [4.78, 5) is 32.1. The van der Waals surface area contributed by atoms with Crippen molar-refractivity contribution in [1.29, 1.82) is 5.26 Å². The molecule has 0 unspecified atom stereocenters. The molecule has 4 aromatic rings. The highest BCUT2D eigenvalue weighted by Gasteiger charge is 2.14. The van der Waals surface area contributed by atoms with Gasteiger partial charge in [-0.05, 0) is 54.1 Å². The molecule has 0 aliphatic carbocycles. The molecule has 0 bridgehead atoms. The van der Waals surface area contributed by atoms with Crippen LogP contribution in [0.1, 0.15) is 11.1 Å². The van der Waals surface area contributed by atoms with Crippen LogP contribution in [0.15, 0.2) is 82.7 Å². The molecule has 4 rings (SSSR count). The SMILES string of the molecule is COc1cccc(-c2nc(SCc3cccc(NC(=O)COc4ccc(Cl)cc4)c3)[nH]c(=O)c2C#N)c1. The number of methoxy groups -OCH3 is 1. The number of benzene rings is 3. The quantitative estimate of drug-likeness (QED) is 0.222. The van der Waals surface area contributed by atoms with Gasteiger partial charge in [0.2, 0.25) is 0 Å². The fraction of sp³-hybridized carbons (Fsp3) is 0.111. The van der Waals surface area contributed by atoms with Crippen LogP contribution in [0.4, 0.5) is 5.69 Å². The molecule has 0 saturated heterocycles. The van der Waals surface area contributed by atoms with E-state index in [0.717, 1.165) is 5.56 Å². The summed E-state index contributed by atoms with van der Waals surface area (Å²) in [7, 11) is 1.54. The number of aromatic amines is 1. The number of hydrogen-bond acceptors (Lipinski definition) is 7. The van der Waals surface area contributed by atoms with Crippen LogP contribution in [-0.4, -0.2) is 29.6 Å². The molecule has 0 spiro atoms. The van der Waals surface area contributed by atoms with E-state index in [2.05, 4.69) is 15.3 Å². The maximum absolute atomic E-state index is 12.6. The van der Waals surface area contributed by atoms with Gasteiger partial charge in [-0.3, -0.25) is 9.59 Å². The summed E-state index contributed by atoms with van der Waals surface area (Å²) >= 11 is 7.16. The molecule has 2 N–H and O–H groups in total. The van der Waals surface area contributed by atoms with Crippen molar-refractivity contribution < 1.29 is 14.3 Å². The largest absolute Gasteiger partial charge is 0.497 e. The molecule has 1 heterocycles. The molecule has 37 heavy (non-hydrogen) atoms. The van der Waals surface area contributed by atoms with Crippen molar-refractivity contribution in [3.05, 3.63) is 99.3 Å². The Morgan fingerprint density at radius 2 is 1.89 bits per heavy atom. The lowest BCUT2D eigenvalue weighted by molar-refractivity contribution is -0.118. The monoisotopic (exact) mass is 532 g/mol. The highest BCUT2D eigenvalue weighted by Crippen LogP contribution is 2.27. The first-order chi connectivity index (χ1) is 17.9. The van der Waals surface area contributed by atoms with E-state index in [4.69, 9.17) is 21.1 Å². The first kappa shape index (κ1) is 25.8. The minimum atomic E-state index is -0.514. The summed E-state index contributed by atoms with van der Waals surface area (Å²) in [6, 6.07) is 23.0. The average molecular weight is 533 g/mol. The Hall–Kier alpha value is -4.26. The number of carbonyl (C=O) groups excluding carboxylic acids is 1. The number of aromatic nitrogens is 2. The lowest BCUT2D eigenvalue weighted by Crippen LogP contribution is -2.20. The predicted molar refractivity (Wildman–Crippen MR) is 143 cm³/mol. The van der Waals surface area contributed by atoms with Crippen molar-refractivity contribution >= 4 is 35.0 Å². The van der Waals surface area contributed by atoms with Crippen LogP contribution in [0.3, 0.4) is 0 Å². The second-order valence-electron chi connectivity index (χ2n) is 7.72. The number of anilines is 1. The topological polar surface area (TPSA) is 117 Å². The van der Waals surface area contributed by atoms with Gasteiger partial charge in [-0.25, -0.2) is 4.98 Å². The highest BCUT2D eigenvalue weighted by molar-refractivity contribution is 7.98. The number of hydrogen-bond donors (Lipinski definition) is 2. The van der Waals surface area contributed by atoms with E-state index in [1.54, 1.807) is 61.7 Å². The number of halogens is 1. The number of ether oxygens (including phenoxy) is 2. The molecule has 186 valence electrons. The number of H-pyrrole nitrogens is 1. The molecule has 0 aliphatic rings. The summed E-state index contributed by atoms with van der Waals surface area (Å²) in [6.07, 6.45) is 0. The molecule has 1 amide bonds. The van der Waals surface area contributed by atoms with Crippen LogP contribution in [0.2, 0.25) is 5.02 Å². The zero-order valence-electron chi connectivity index (χ0n) is 19.7. The molecular formula is C27H21ClN4O4S. The molecule has 0 saturated carbocycles. The molecule has 0 atom stereocenters. The number of nitriles is 1. The standard InChI is InChI=1S/C27H21ClN4O4S/c1-35-22-7-3-5-18(13-22)25-23(14-29)26(34)32-27(31-25)37-16-17-4-2-6-20(12-17)30-24(33)15-36-21-10-8-19(28)9-11-21/h2-13H,15-16H2,1H3,(H,30,33)(H,31,32,34). The fourth-order valence-electron chi connectivity index (χ4n) is 3.37. The highest BCUT2D eigenvalue weighted by atomic mass is 35.5. The molecule has 8 nitrogen and oxygen atoms in total. The second kappa shape index (κ2) is 12.1. The summed E-state index contributed by atoms with van der Waals surface area (Å²) in [5, 5.41) is 13.3. The van der Waals surface area contributed by atoms with E-state index in [0.29, 0.717) is 38.7 Å². The molecular weight excluding hydrogens is 512 g/mol. The molecule has 1 aromatic heterocycles. The lowest BCUT2D eigenvalue weighted by atomic mass is 10.1. The van der Waals surface area contributed by atoms with Gasteiger partial charge in [0, 0.05) is 22.0 Å². The average Bonchev–Trinajstić information content (AvgIpc) is 2.91. The van der Waals surface area contributed by atoms with Gasteiger partial charge in [-0.1, -0.05) is 47.6 Å². The van der Waals surface area contributed by atoms with Crippen LogP contribution >= 0.6 is 23.4 Å². The Morgan fingerprint density at radius 1 is 1.11 bits per heavy atom. The molecule has 0 fully saturated rings. The van der Waals surface area contributed by atoms with Gasteiger partial charge >= 0.3 is 0 Å². The summed E-state index contributed by atoms with van der Waals surface area (Å²) in [5.74, 6) is 1.30. The van der Waals surface area contributed by atoms with E-state index >= 15 is 0 Å². The van der Waals surface area contributed by atoms with Gasteiger partial charge in [0.1, 0.15) is 23.1 Å². The van der Waals surface area contributed by atoms with Crippen LogP contribution in [0.5, 0.6) is 11.5 Å². The molecule has 0 radical (unpaired) electrons. The van der Waals surface area contributed by atoms with Crippen LogP contribution in [-0.2, 0) is 10.5 Å². The Kier molecular flexibility index (Phi) is 8.46. The number of nitrogens with one attached hydrogen (secondary N) is 2. The summed E-state index contributed by atoms with van der Waals surface area (Å²) in [5.41, 5.74) is 1.82. The Morgan fingerprint density at radius 3 is 2.65 bits per heavy atom. The lowest BCUT2D eigenvalue weighted by Gasteiger charge is -2.10. The van der Waals surface area contributed by atoms with Crippen LogP contribution in [0.25, 0.3) is 11.3 Å². The summed E-state index contributed by atoms with van der Waals surface area (Å²) < 4.78 is 10.7. The van der Waals surface area contributed by atoms with Gasteiger partial charge < -0.3 is 19.8 Å². The zero-order chi connectivity index (χ0) is 26.2. The van der Waals surface area contributed by atoms with Gasteiger partial charge in [0.15, 0.2) is 11.8 Å². The Bertz CT molecular complexity index is 1520. The maximum atomic E-state index is 12.6. The van der Waals surface area contributed by atoms with E-state index in [-0.39, 0.29) is 23.8 Å². The minimum absolute atomic E-state index is 0.0665. The van der Waals surface area contributed by atoms with Crippen molar-refractivity contribution in [1.82, 2.24) is 9.97 Å². The van der Waals surface area contributed by atoms with Gasteiger partial charge in [-0.15, -0.1) is 0 Å². The van der Waals surface area contributed by atoms with Crippen LogP contribution in [0, 0.1) is 11.3 Å². The first-order valence-electron chi connectivity index (χ1n) is 11.0. The minimum Gasteiger partial charge on any atom is -0.497 e.